The van der Waals surface area contributed by atoms with Crippen molar-refractivity contribution in [2.75, 3.05) is 0 Å². The van der Waals surface area contributed by atoms with E-state index in [9.17, 15) is 4.79 Å². The zero-order valence-corrected chi connectivity index (χ0v) is 8.96. The number of hydrogen-bond donors (Lipinski definition) is 1. The number of nitrogens with one attached hydrogen (secondary N) is 1. The second kappa shape index (κ2) is 4.81. The van der Waals surface area contributed by atoms with Gasteiger partial charge in [-0.1, -0.05) is 19.3 Å². The minimum absolute atomic E-state index is 0.101. The molecule has 1 saturated carbocycles. The minimum atomic E-state index is -0.101. The number of hydrogen-bond acceptors (Lipinski definition) is 4. The van der Waals surface area contributed by atoms with Crippen LogP contribution in [-0.2, 0) is 0 Å². The van der Waals surface area contributed by atoms with Crippen LogP contribution in [0.5, 0.6) is 0 Å². The van der Waals surface area contributed by atoms with Crippen molar-refractivity contribution in [2.24, 2.45) is 5.11 Å². The lowest BCUT2D eigenvalue weighted by Crippen LogP contribution is -2.27. The Labute approximate surface area is 92.5 Å². The average Bonchev–Trinajstić information content (AvgIpc) is 2.33. The molecule has 1 heterocycles. The molecule has 6 heteroatoms. The van der Waals surface area contributed by atoms with Gasteiger partial charge in [-0.2, -0.15) is 0 Å². The predicted molar refractivity (Wildman–Crippen MR) is 57.6 cm³/mol. The summed E-state index contributed by atoms with van der Waals surface area (Å²) in [7, 11) is 0. The van der Waals surface area contributed by atoms with E-state index in [2.05, 4.69) is 15.1 Å². The number of rotatable bonds is 2. The third-order valence-electron chi connectivity index (χ3n) is 2.88. The van der Waals surface area contributed by atoms with Gasteiger partial charge in [0.05, 0.1) is 6.04 Å². The first kappa shape index (κ1) is 10.7. The van der Waals surface area contributed by atoms with Crippen LogP contribution in [-0.4, -0.2) is 9.78 Å². The standard InChI is InChI=1S/C10H14N5O/c11-14-12-9-6-7-10(16)15(13-9)8-4-2-1-3-5-8/h6-8,11H,1-5H2/q+1. The quantitative estimate of drug-likeness (QED) is 0.610. The van der Waals surface area contributed by atoms with Gasteiger partial charge in [-0.05, 0) is 18.9 Å². The van der Waals surface area contributed by atoms with Crippen LogP contribution in [0.25, 0.3) is 0 Å². The molecule has 0 spiro atoms. The van der Waals surface area contributed by atoms with Gasteiger partial charge in [-0.25, -0.2) is 4.68 Å². The highest BCUT2D eigenvalue weighted by Gasteiger charge is 2.18. The first-order chi connectivity index (χ1) is 7.81. The molecular formula is C10H14N5O+. The molecule has 1 aromatic rings. The Bertz CT molecular complexity index is 468. The average molecular weight is 220 g/mol. The maximum Gasteiger partial charge on any atom is 0.267 e. The summed E-state index contributed by atoms with van der Waals surface area (Å²) in [6.07, 6.45) is 5.51. The molecule has 1 aliphatic carbocycles. The van der Waals surface area contributed by atoms with Crippen LogP contribution < -0.4 is 10.5 Å². The summed E-state index contributed by atoms with van der Waals surface area (Å²) in [5.74, 6) is 0.320. The van der Waals surface area contributed by atoms with E-state index in [0.717, 1.165) is 25.7 Å². The summed E-state index contributed by atoms with van der Waals surface area (Å²) < 4.78 is 1.49. The fourth-order valence-corrected chi connectivity index (χ4v) is 2.11. The fraction of sp³-hybridized carbons (Fsp3) is 0.600. The van der Waals surface area contributed by atoms with Crippen molar-refractivity contribution in [3.63, 3.8) is 0 Å². The van der Waals surface area contributed by atoms with Crippen molar-refractivity contribution < 1.29 is 0 Å². The summed E-state index contributed by atoms with van der Waals surface area (Å²) >= 11 is 0. The third kappa shape index (κ3) is 2.23. The van der Waals surface area contributed by atoms with Gasteiger partial charge in [0.2, 0.25) is 4.91 Å². The Morgan fingerprint density at radius 3 is 2.81 bits per heavy atom. The number of aromatic nitrogens is 2. The Hall–Kier alpha value is -1.81. The molecule has 16 heavy (non-hydrogen) atoms. The molecule has 0 radical (unpaired) electrons. The molecule has 1 aromatic heterocycles. The topological polar surface area (TPSA) is 85.2 Å². The highest BCUT2D eigenvalue weighted by Crippen LogP contribution is 2.26. The zero-order chi connectivity index (χ0) is 11.4. The molecular weight excluding hydrogens is 206 g/mol. The summed E-state index contributed by atoms with van der Waals surface area (Å²) in [4.78, 5) is 14.6. The van der Waals surface area contributed by atoms with Crippen molar-refractivity contribution in [3.05, 3.63) is 22.5 Å². The second-order valence-electron chi connectivity index (χ2n) is 3.97. The van der Waals surface area contributed by atoms with Gasteiger partial charge in [-0.15, -0.1) is 5.10 Å². The summed E-state index contributed by atoms with van der Waals surface area (Å²) in [5.41, 5.74) is 6.54. The summed E-state index contributed by atoms with van der Waals surface area (Å²) in [6.45, 7) is 0. The summed E-state index contributed by atoms with van der Waals surface area (Å²) in [5, 5.41) is 7.63. The highest BCUT2D eigenvalue weighted by molar-refractivity contribution is 5.21. The maximum atomic E-state index is 11.7. The van der Waals surface area contributed by atoms with Crippen molar-refractivity contribution >= 4 is 5.82 Å². The Morgan fingerprint density at radius 1 is 1.38 bits per heavy atom. The van der Waals surface area contributed by atoms with E-state index >= 15 is 0 Å². The van der Waals surface area contributed by atoms with E-state index in [0.29, 0.717) is 5.82 Å². The van der Waals surface area contributed by atoms with Crippen LogP contribution in [0.4, 0.5) is 5.82 Å². The smallest absolute Gasteiger partial charge is 0.267 e. The lowest BCUT2D eigenvalue weighted by molar-refractivity contribution is 0.319. The molecule has 84 valence electrons. The van der Waals surface area contributed by atoms with E-state index in [1.165, 1.54) is 23.2 Å². The van der Waals surface area contributed by atoms with Gasteiger partial charge >= 0.3 is 0 Å². The van der Waals surface area contributed by atoms with Crippen LogP contribution in [0.2, 0.25) is 0 Å². The molecule has 1 fully saturated rings. The van der Waals surface area contributed by atoms with Gasteiger partial charge in [0, 0.05) is 6.07 Å². The van der Waals surface area contributed by atoms with E-state index in [-0.39, 0.29) is 11.6 Å². The Morgan fingerprint density at radius 2 is 2.12 bits per heavy atom. The van der Waals surface area contributed by atoms with Gasteiger partial charge in [0.1, 0.15) is 5.53 Å². The second-order valence-corrected chi connectivity index (χ2v) is 3.97. The van der Waals surface area contributed by atoms with E-state index < -0.39 is 0 Å². The largest absolute Gasteiger partial charge is 0.268 e. The molecule has 6 nitrogen and oxygen atoms in total. The van der Waals surface area contributed by atoms with Crippen molar-refractivity contribution in [1.29, 1.82) is 5.53 Å². The third-order valence-corrected chi connectivity index (χ3v) is 2.88. The molecule has 0 amide bonds. The van der Waals surface area contributed by atoms with Crippen molar-refractivity contribution in [3.8, 4) is 0 Å². The van der Waals surface area contributed by atoms with Crippen LogP contribution in [0.3, 0.4) is 0 Å². The normalized spacial score (nSPS) is 16.8. The van der Waals surface area contributed by atoms with Crippen molar-refractivity contribution in [1.82, 2.24) is 14.7 Å². The van der Waals surface area contributed by atoms with Gasteiger partial charge in [0.25, 0.3) is 11.4 Å². The van der Waals surface area contributed by atoms with Crippen LogP contribution >= 0.6 is 0 Å². The SMILES string of the molecule is N=[N+]=Nc1ccc(=O)n(C2CCCCC2)n1. The summed E-state index contributed by atoms with van der Waals surface area (Å²) in [6, 6.07) is 3.10. The lowest BCUT2D eigenvalue weighted by atomic mass is 9.96. The Kier molecular flexibility index (Phi) is 3.22. The first-order valence-corrected chi connectivity index (χ1v) is 5.48. The lowest BCUT2D eigenvalue weighted by Gasteiger charge is -2.22. The first-order valence-electron chi connectivity index (χ1n) is 5.48. The van der Waals surface area contributed by atoms with Crippen molar-refractivity contribution in [2.45, 2.75) is 38.1 Å². The molecule has 0 unspecified atom stereocenters. The molecule has 0 bridgehead atoms. The van der Waals surface area contributed by atoms with Gasteiger partial charge in [-0.3, -0.25) is 4.79 Å². The van der Waals surface area contributed by atoms with Gasteiger partial charge in [0.15, 0.2) is 5.11 Å². The Balaban J connectivity index is 2.34. The molecule has 0 atom stereocenters. The zero-order valence-electron chi connectivity index (χ0n) is 8.96. The maximum absolute atomic E-state index is 11.7. The van der Waals surface area contributed by atoms with E-state index in [4.69, 9.17) is 5.53 Å². The fourth-order valence-electron chi connectivity index (χ4n) is 2.11. The molecule has 2 rings (SSSR count). The monoisotopic (exact) mass is 220 g/mol. The minimum Gasteiger partial charge on any atom is -0.268 e. The predicted octanol–water partition coefficient (Wildman–Crippen LogP) is 1.93. The molecule has 1 N–H and O–H groups in total. The molecule has 0 saturated heterocycles. The van der Waals surface area contributed by atoms with Gasteiger partial charge < -0.3 is 0 Å². The van der Waals surface area contributed by atoms with Crippen LogP contribution in [0.1, 0.15) is 38.1 Å². The number of nitrogens with zero attached hydrogens (tertiary/aromatic N) is 4. The molecule has 0 aromatic carbocycles. The highest BCUT2D eigenvalue weighted by atomic mass is 16.1. The molecule has 0 aliphatic heterocycles. The molecule has 1 aliphatic rings. The van der Waals surface area contributed by atoms with E-state index in [1.54, 1.807) is 0 Å². The van der Waals surface area contributed by atoms with E-state index in [1.807, 2.05) is 0 Å². The van der Waals surface area contributed by atoms with Crippen LogP contribution in [0.15, 0.2) is 22.0 Å². The van der Waals surface area contributed by atoms with Crippen LogP contribution in [0, 0.1) is 5.53 Å².